The quantitative estimate of drug-likeness (QED) is 0.518. The van der Waals surface area contributed by atoms with E-state index in [0.717, 1.165) is 18.8 Å². The average molecular weight is 448 g/mol. The molecule has 33 heavy (non-hydrogen) atoms. The van der Waals surface area contributed by atoms with Gasteiger partial charge in [0.25, 0.3) is 5.91 Å². The maximum Gasteiger partial charge on any atom is 0.257 e. The summed E-state index contributed by atoms with van der Waals surface area (Å²) in [7, 11) is 3.87. The van der Waals surface area contributed by atoms with Crippen molar-refractivity contribution in [2.75, 3.05) is 30.4 Å². The number of likely N-dealkylation sites (N-methyl/N-ethyl adjacent to an activating group) is 1. The molecule has 170 valence electrons. The fourth-order valence-corrected chi connectivity index (χ4v) is 4.56. The smallest absolute Gasteiger partial charge is 0.257 e. The Morgan fingerprint density at radius 3 is 2.45 bits per heavy atom. The third kappa shape index (κ3) is 3.78. The molecule has 1 aliphatic rings. The van der Waals surface area contributed by atoms with E-state index >= 15 is 0 Å². The molecule has 2 aromatic heterocycles. The number of hydrogen-bond donors (Lipinski definition) is 1. The van der Waals surface area contributed by atoms with Crippen LogP contribution in [-0.4, -0.2) is 62.8 Å². The van der Waals surface area contributed by atoms with Crippen LogP contribution in [0.15, 0.2) is 42.9 Å². The lowest BCUT2D eigenvalue weighted by atomic mass is 10.1. The fraction of sp³-hybridized carbons (Fsp3) is 0.333. The molecular weight excluding hydrogens is 421 g/mol. The molecule has 5 rings (SSSR count). The number of amides is 1. The molecule has 1 amide bonds. The number of aromatic nitrogens is 4. The highest BCUT2D eigenvalue weighted by Crippen LogP contribution is 2.30. The molecule has 0 unspecified atom stereocenters. The van der Waals surface area contributed by atoms with Crippen LogP contribution in [0.1, 0.15) is 24.2 Å². The molecule has 0 radical (unpaired) electrons. The first-order chi connectivity index (χ1) is 15.8. The number of anilines is 2. The van der Waals surface area contributed by atoms with Crippen LogP contribution in [0.3, 0.4) is 0 Å². The predicted molar refractivity (Wildman–Crippen MR) is 127 cm³/mol. The van der Waals surface area contributed by atoms with Crippen molar-refractivity contribution in [3.05, 3.63) is 54.2 Å². The van der Waals surface area contributed by atoms with Gasteiger partial charge in [0, 0.05) is 61.9 Å². The Morgan fingerprint density at radius 2 is 1.73 bits per heavy atom. The second-order valence-electron chi connectivity index (χ2n) is 8.81. The molecule has 0 bridgehead atoms. The molecule has 8 nitrogen and oxygen atoms in total. The minimum absolute atomic E-state index is 0.270. The fourth-order valence-electron chi connectivity index (χ4n) is 4.56. The van der Waals surface area contributed by atoms with Gasteiger partial charge in [-0.3, -0.25) is 24.3 Å². The second-order valence-corrected chi connectivity index (χ2v) is 8.81. The average Bonchev–Trinajstić information content (AvgIpc) is 3.17. The van der Waals surface area contributed by atoms with Gasteiger partial charge in [0.15, 0.2) is 5.82 Å². The number of carbonyl (C=O) groups excluding carboxylic acids is 1. The zero-order valence-corrected chi connectivity index (χ0v) is 19.1. The normalized spacial score (nSPS) is 19.4. The number of nitrogens with one attached hydrogen (secondary N) is 1. The third-order valence-electron chi connectivity index (χ3n) is 6.48. The Balaban J connectivity index is 1.49. The highest BCUT2D eigenvalue weighted by Gasteiger charge is 2.28. The minimum atomic E-state index is -0.485. The Bertz CT molecular complexity index is 1360. The van der Waals surface area contributed by atoms with Gasteiger partial charge in [-0.2, -0.15) is 5.10 Å². The summed E-state index contributed by atoms with van der Waals surface area (Å²) in [5, 5.41) is 7.53. The van der Waals surface area contributed by atoms with Gasteiger partial charge in [0.1, 0.15) is 16.6 Å². The van der Waals surface area contributed by atoms with Gasteiger partial charge in [0.05, 0.1) is 11.3 Å². The molecule has 0 spiro atoms. The number of rotatable bonds is 3. The molecule has 2 atom stereocenters. The molecule has 1 aliphatic heterocycles. The van der Waals surface area contributed by atoms with Crippen molar-refractivity contribution in [3.8, 4) is 0 Å². The summed E-state index contributed by atoms with van der Waals surface area (Å²) in [6, 6.07) is 7.47. The minimum Gasteiger partial charge on any atom is -0.367 e. The molecule has 1 saturated heterocycles. The lowest BCUT2D eigenvalue weighted by molar-refractivity contribution is 0.102. The van der Waals surface area contributed by atoms with E-state index in [9.17, 15) is 9.18 Å². The number of carbonyl (C=O) groups is 1. The van der Waals surface area contributed by atoms with Crippen molar-refractivity contribution < 1.29 is 9.18 Å². The number of fused-ring (bicyclic) bond motifs is 2. The molecule has 0 aliphatic carbocycles. The van der Waals surface area contributed by atoms with Gasteiger partial charge in [-0.1, -0.05) is 0 Å². The molecule has 4 aromatic rings. The van der Waals surface area contributed by atoms with Crippen LogP contribution in [0, 0.1) is 5.82 Å². The monoisotopic (exact) mass is 447 g/mol. The summed E-state index contributed by atoms with van der Waals surface area (Å²) in [6.45, 7) is 6.14. The van der Waals surface area contributed by atoms with Crippen LogP contribution in [-0.2, 0) is 7.05 Å². The van der Waals surface area contributed by atoms with E-state index in [1.807, 2.05) is 6.07 Å². The summed E-state index contributed by atoms with van der Waals surface area (Å²) in [6.07, 6.45) is 4.93. The Kier molecular flexibility index (Phi) is 5.20. The van der Waals surface area contributed by atoms with Gasteiger partial charge in [-0.15, -0.1) is 0 Å². The lowest BCUT2D eigenvalue weighted by Crippen LogP contribution is -2.55. The van der Waals surface area contributed by atoms with Crippen molar-refractivity contribution in [1.29, 1.82) is 0 Å². The molecule has 9 heteroatoms. The second kappa shape index (κ2) is 8.08. The number of aryl methyl sites for hydroxylation is 1. The van der Waals surface area contributed by atoms with E-state index in [-0.39, 0.29) is 11.4 Å². The Morgan fingerprint density at radius 1 is 1.03 bits per heavy atom. The molecule has 0 saturated carbocycles. The molecular formula is C24H26FN7O. The van der Waals surface area contributed by atoms with Gasteiger partial charge in [-0.05, 0) is 45.2 Å². The summed E-state index contributed by atoms with van der Waals surface area (Å²) in [4.78, 5) is 26.9. The lowest BCUT2D eigenvalue weighted by Gasteiger charge is -2.43. The van der Waals surface area contributed by atoms with E-state index in [4.69, 9.17) is 0 Å². The number of hydrogen-bond acceptors (Lipinski definition) is 6. The largest absolute Gasteiger partial charge is 0.367 e. The van der Waals surface area contributed by atoms with E-state index in [0.29, 0.717) is 39.8 Å². The van der Waals surface area contributed by atoms with Crippen LogP contribution >= 0.6 is 0 Å². The van der Waals surface area contributed by atoms with Crippen molar-refractivity contribution in [2.24, 2.45) is 7.05 Å². The molecule has 2 aromatic carbocycles. The maximum absolute atomic E-state index is 14.5. The van der Waals surface area contributed by atoms with Crippen LogP contribution < -0.4 is 10.2 Å². The molecule has 1 N–H and O–H groups in total. The van der Waals surface area contributed by atoms with Crippen LogP contribution in [0.2, 0.25) is 0 Å². The van der Waals surface area contributed by atoms with Gasteiger partial charge >= 0.3 is 0 Å². The van der Waals surface area contributed by atoms with Crippen molar-refractivity contribution >= 4 is 39.2 Å². The summed E-state index contributed by atoms with van der Waals surface area (Å²) in [5.41, 5.74) is 3.19. The highest BCUT2D eigenvalue weighted by molar-refractivity contribution is 6.13. The zero-order chi connectivity index (χ0) is 23.3. The van der Waals surface area contributed by atoms with Crippen LogP contribution in [0.4, 0.5) is 15.8 Å². The molecule has 3 heterocycles. The SMILES string of the molecule is C[C@@H]1CN(c2ccc(C(=O)Nc3cc(F)c4nn(C)cc4c3)c3nccnc23)C[C@H](C)N1C. The zero-order valence-electron chi connectivity index (χ0n) is 19.1. The van der Waals surface area contributed by atoms with Gasteiger partial charge < -0.3 is 10.2 Å². The topological polar surface area (TPSA) is 79.2 Å². The highest BCUT2D eigenvalue weighted by atomic mass is 19.1. The van der Waals surface area contributed by atoms with Crippen molar-refractivity contribution in [2.45, 2.75) is 25.9 Å². The van der Waals surface area contributed by atoms with E-state index < -0.39 is 5.82 Å². The maximum atomic E-state index is 14.5. The predicted octanol–water partition coefficient (Wildman–Crippen LogP) is 3.44. The number of nitrogens with zero attached hydrogens (tertiary/aromatic N) is 6. The standard InChI is InChI=1S/C24H26FN7O/c1-14-11-32(12-15(2)31(14)4)20-6-5-18(22-23(20)27-8-7-26-22)24(33)28-17-9-16-13-30(3)29-21(16)19(25)10-17/h5-10,13-15H,11-12H2,1-4H3,(H,28,33)/t14-,15+. The van der Waals surface area contributed by atoms with Crippen molar-refractivity contribution in [1.82, 2.24) is 24.6 Å². The van der Waals surface area contributed by atoms with E-state index in [1.54, 1.807) is 42.5 Å². The first kappa shape index (κ1) is 21.3. The number of halogens is 1. The van der Waals surface area contributed by atoms with Crippen LogP contribution in [0.25, 0.3) is 21.9 Å². The number of piperazine rings is 1. The summed E-state index contributed by atoms with van der Waals surface area (Å²) in [5.74, 6) is -0.850. The van der Waals surface area contributed by atoms with Crippen LogP contribution in [0.5, 0.6) is 0 Å². The summed E-state index contributed by atoms with van der Waals surface area (Å²) < 4.78 is 16.0. The van der Waals surface area contributed by atoms with E-state index in [1.165, 1.54) is 6.07 Å². The third-order valence-corrected chi connectivity index (χ3v) is 6.48. The Hall–Kier alpha value is -3.59. The van der Waals surface area contributed by atoms with Crippen molar-refractivity contribution in [3.63, 3.8) is 0 Å². The Labute approximate surface area is 191 Å². The molecule has 1 fully saturated rings. The first-order valence-electron chi connectivity index (χ1n) is 11.0. The van der Waals surface area contributed by atoms with Gasteiger partial charge in [0.2, 0.25) is 0 Å². The summed E-state index contributed by atoms with van der Waals surface area (Å²) >= 11 is 0. The first-order valence-corrected chi connectivity index (χ1v) is 11.0. The number of benzene rings is 2. The van der Waals surface area contributed by atoms with Gasteiger partial charge in [-0.25, -0.2) is 4.39 Å². The van der Waals surface area contributed by atoms with E-state index in [2.05, 4.69) is 51.1 Å².